The number of hydrogen-bond donors (Lipinski definition) is 1. The van der Waals surface area contributed by atoms with E-state index in [4.69, 9.17) is 10.8 Å². The van der Waals surface area contributed by atoms with Crippen molar-refractivity contribution in [3.8, 4) is 11.1 Å². The topological polar surface area (TPSA) is 60.9 Å². The lowest BCUT2D eigenvalue weighted by Crippen LogP contribution is -2.03. The largest absolute Gasteiger partial charge is 0.326 e. The van der Waals surface area contributed by atoms with Gasteiger partial charge < -0.3 is 5.73 Å². The summed E-state index contributed by atoms with van der Waals surface area (Å²) in [6.45, 7) is 4.83. The minimum Gasteiger partial charge on any atom is -0.326 e. The molecular weight excluding hydrogens is 370 g/mol. The predicted octanol–water partition coefficient (Wildman–Crippen LogP) is 5.34. The molecule has 4 aromatic rings. The first-order valence-corrected chi connectivity index (χ1v) is 10.4. The van der Waals surface area contributed by atoms with Crippen LogP contribution in [0.25, 0.3) is 22.0 Å². The van der Waals surface area contributed by atoms with Crippen molar-refractivity contribution in [1.82, 2.24) is 9.78 Å². The summed E-state index contributed by atoms with van der Waals surface area (Å²) in [5, 5.41) is 6.11. The summed E-state index contributed by atoms with van der Waals surface area (Å²) in [6.07, 6.45) is 2.50. The van der Waals surface area contributed by atoms with E-state index in [9.17, 15) is 4.79 Å². The molecule has 0 aliphatic heterocycles. The lowest BCUT2D eigenvalue weighted by molar-refractivity contribution is 0.112. The molecule has 0 fully saturated rings. The Balaban J connectivity index is 1.75. The fourth-order valence-corrected chi connectivity index (χ4v) is 3.97. The number of hydrogen-bond acceptors (Lipinski definition) is 3. The molecule has 30 heavy (non-hydrogen) atoms. The Kier molecular flexibility index (Phi) is 5.77. The van der Waals surface area contributed by atoms with Crippen molar-refractivity contribution in [2.24, 2.45) is 5.73 Å². The van der Waals surface area contributed by atoms with Crippen LogP contribution in [0, 0.1) is 0 Å². The third kappa shape index (κ3) is 3.91. The van der Waals surface area contributed by atoms with Crippen molar-refractivity contribution in [3.05, 3.63) is 89.1 Å². The zero-order valence-electron chi connectivity index (χ0n) is 17.5. The number of carbonyl (C=O) groups excluding carboxylic acids is 1. The SMILES string of the molecule is CC(C)n1nc(CCc2ccccc2C=O)c2cc(-c3cccc(CN)c3)ccc21. The van der Waals surface area contributed by atoms with Crippen LogP contribution in [-0.2, 0) is 19.4 Å². The Morgan fingerprint density at radius 2 is 1.77 bits per heavy atom. The highest BCUT2D eigenvalue weighted by Gasteiger charge is 2.14. The van der Waals surface area contributed by atoms with Crippen LogP contribution in [-0.4, -0.2) is 16.1 Å². The van der Waals surface area contributed by atoms with Gasteiger partial charge in [0.2, 0.25) is 0 Å². The van der Waals surface area contributed by atoms with Crippen LogP contribution in [0.4, 0.5) is 0 Å². The third-order valence-electron chi connectivity index (χ3n) is 5.58. The van der Waals surface area contributed by atoms with Gasteiger partial charge in [-0.05, 0) is 67.1 Å². The molecule has 0 saturated carbocycles. The molecule has 0 bridgehead atoms. The molecule has 1 heterocycles. The van der Waals surface area contributed by atoms with E-state index >= 15 is 0 Å². The summed E-state index contributed by atoms with van der Waals surface area (Å²) < 4.78 is 2.09. The average molecular weight is 398 g/mol. The van der Waals surface area contributed by atoms with E-state index in [1.807, 2.05) is 24.3 Å². The van der Waals surface area contributed by atoms with Gasteiger partial charge in [0.25, 0.3) is 0 Å². The number of aryl methyl sites for hydroxylation is 2. The predicted molar refractivity (Wildman–Crippen MR) is 123 cm³/mol. The summed E-state index contributed by atoms with van der Waals surface area (Å²) in [5.74, 6) is 0. The molecule has 0 amide bonds. The van der Waals surface area contributed by atoms with E-state index in [2.05, 4.69) is 61.0 Å². The summed E-state index contributed by atoms with van der Waals surface area (Å²) in [6, 6.07) is 23.0. The fraction of sp³-hybridized carbons (Fsp3) is 0.231. The summed E-state index contributed by atoms with van der Waals surface area (Å²) in [7, 11) is 0. The van der Waals surface area contributed by atoms with E-state index < -0.39 is 0 Å². The first-order valence-electron chi connectivity index (χ1n) is 10.4. The molecular formula is C26H27N3O. The van der Waals surface area contributed by atoms with Gasteiger partial charge in [-0.25, -0.2) is 0 Å². The minimum atomic E-state index is 0.273. The zero-order chi connectivity index (χ0) is 21.1. The Hall–Kier alpha value is -3.24. The van der Waals surface area contributed by atoms with Crippen molar-refractivity contribution >= 4 is 17.2 Å². The average Bonchev–Trinajstić information content (AvgIpc) is 3.16. The molecule has 152 valence electrons. The highest BCUT2D eigenvalue weighted by molar-refractivity contribution is 5.87. The van der Waals surface area contributed by atoms with Gasteiger partial charge in [-0.15, -0.1) is 0 Å². The van der Waals surface area contributed by atoms with Gasteiger partial charge in [0.15, 0.2) is 0 Å². The maximum absolute atomic E-state index is 11.4. The number of fused-ring (bicyclic) bond motifs is 1. The number of nitrogens with two attached hydrogens (primary N) is 1. The molecule has 4 rings (SSSR count). The van der Waals surface area contributed by atoms with Gasteiger partial charge in [-0.1, -0.05) is 48.5 Å². The zero-order valence-corrected chi connectivity index (χ0v) is 17.5. The second kappa shape index (κ2) is 8.64. The van der Waals surface area contributed by atoms with E-state index in [0.717, 1.165) is 58.2 Å². The summed E-state index contributed by atoms with van der Waals surface area (Å²) in [5.41, 5.74) is 13.3. The molecule has 2 N–H and O–H groups in total. The van der Waals surface area contributed by atoms with Crippen LogP contribution >= 0.6 is 0 Å². The third-order valence-corrected chi connectivity index (χ3v) is 5.58. The van der Waals surface area contributed by atoms with Gasteiger partial charge in [0, 0.05) is 23.5 Å². The van der Waals surface area contributed by atoms with Crippen LogP contribution < -0.4 is 5.73 Å². The van der Waals surface area contributed by atoms with Crippen molar-refractivity contribution in [3.63, 3.8) is 0 Å². The van der Waals surface area contributed by atoms with Crippen molar-refractivity contribution in [1.29, 1.82) is 0 Å². The second-order valence-corrected chi connectivity index (χ2v) is 7.94. The molecule has 4 heteroatoms. The normalized spacial score (nSPS) is 11.3. The van der Waals surface area contributed by atoms with Crippen LogP contribution in [0.2, 0.25) is 0 Å². The first kappa shape index (κ1) is 20.0. The van der Waals surface area contributed by atoms with Gasteiger partial charge >= 0.3 is 0 Å². The Morgan fingerprint density at radius 1 is 0.967 bits per heavy atom. The van der Waals surface area contributed by atoms with Crippen molar-refractivity contribution < 1.29 is 4.79 Å². The smallest absolute Gasteiger partial charge is 0.150 e. The maximum atomic E-state index is 11.4. The number of rotatable bonds is 7. The van der Waals surface area contributed by atoms with Crippen molar-refractivity contribution in [2.45, 2.75) is 39.3 Å². The van der Waals surface area contributed by atoms with Gasteiger partial charge in [0.05, 0.1) is 11.2 Å². The van der Waals surface area contributed by atoms with E-state index in [1.54, 1.807) is 0 Å². The molecule has 3 aromatic carbocycles. The van der Waals surface area contributed by atoms with Gasteiger partial charge in [-0.3, -0.25) is 9.48 Å². The highest BCUT2D eigenvalue weighted by atomic mass is 16.1. The van der Waals surface area contributed by atoms with E-state index in [1.165, 1.54) is 5.39 Å². The molecule has 0 spiro atoms. The lowest BCUT2D eigenvalue weighted by atomic mass is 9.98. The van der Waals surface area contributed by atoms with Gasteiger partial charge in [0.1, 0.15) is 6.29 Å². The lowest BCUT2D eigenvalue weighted by Gasteiger charge is -2.08. The summed E-state index contributed by atoms with van der Waals surface area (Å²) in [4.78, 5) is 11.4. The number of nitrogens with zero attached hydrogens (tertiary/aromatic N) is 2. The quantitative estimate of drug-likeness (QED) is 0.428. The Morgan fingerprint density at radius 3 is 2.53 bits per heavy atom. The molecule has 0 radical (unpaired) electrons. The van der Waals surface area contributed by atoms with Crippen LogP contribution in [0.3, 0.4) is 0 Å². The Labute approximate surface area is 177 Å². The van der Waals surface area contributed by atoms with E-state index in [0.29, 0.717) is 6.54 Å². The molecule has 0 unspecified atom stereocenters. The van der Waals surface area contributed by atoms with Gasteiger partial charge in [-0.2, -0.15) is 5.10 Å². The number of carbonyl (C=O) groups is 1. The minimum absolute atomic E-state index is 0.273. The molecule has 0 aliphatic carbocycles. The molecule has 1 aromatic heterocycles. The summed E-state index contributed by atoms with van der Waals surface area (Å²) >= 11 is 0. The molecule has 0 atom stereocenters. The monoisotopic (exact) mass is 397 g/mol. The standard InChI is InChI=1S/C26H27N3O/c1-18(2)29-26-13-11-22(21-9-5-6-19(14-21)16-27)15-24(26)25(28-29)12-10-20-7-3-4-8-23(20)17-30/h3-9,11,13-15,17-18H,10,12,16,27H2,1-2H3. The van der Waals surface area contributed by atoms with E-state index in [-0.39, 0.29) is 6.04 Å². The number of aldehydes is 1. The van der Waals surface area contributed by atoms with Crippen LogP contribution in [0.5, 0.6) is 0 Å². The highest BCUT2D eigenvalue weighted by Crippen LogP contribution is 2.29. The van der Waals surface area contributed by atoms with Crippen LogP contribution in [0.15, 0.2) is 66.7 Å². The fourth-order valence-electron chi connectivity index (χ4n) is 3.97. The molecule has 4 nitrogen and oxygen atoms in total. The first-order chi connectivity index (χ1) is 14.6. The maximum Gasteiger partial charge on any atom is 0.150 e. The molecule has 0 aliphatic rings. The second-order valence-electron chi connectivity index (χ2n) is 7.94. The van der Waals surface area contributed by atoms with Crippen molar-refractivity contribution in [2.75, 3.05) is 0 Å². The van der Waals surface area contributed by atoms with Crippen LogP contribution in [0.1, 0.15) is 47.1 Å². The number of aromatic nitrogens is 2. The number of benzene rings is 3. The Bertz CT molecular complexity index is 1190. The molecule has 0 saturated heterocycles.